The number of nitrogens with zero attached hydrogens (tertiary/aromatic N) is 2. The van der Waals surface area contributed by atoms with Gasteiger partial charge in [0.1, 0.15) is 17.3 Å². The van der Waals surface area contributed by atoms with Crippen molar-refractivity contribution in [1.82, 2.24) is 4.90 Å². The van der Waals surface area contributed by atoms with Crippen molar-refractivity contribution in [2.24, 2.45) is 0 Å². The van der Waals surface area contributed by atoms with E-state index in [1.807, 2.05) is 50.2 Å². The zero-order valence-electron chi connectivity index (χ0n) is 22.9. The summed E-state index contributed by atoms with van der Waals surface area (Å²) in [5, 5.41) is 20.8. The molecule has 0 aliphatic carbocycles. The fourth-order valence-electron chi connectivity index (χ4n) is 4.67. The highest BCUT2D eigenvalue weighted by atomic mass is 16.5. The summed E-state index contributed by atoms with van der Waals surface area (Å²) < 4.78 is 11.3. The molecule has 1 fully saturated rings. The fourth-order valence-corrected chi connectivity index (χ4v) is 4.67. The minimum Gasteiger partial charge on any atom is -0.507 e. The fraction of sp³-hybridized carbons (Fsp3) is 0.258. The first-order valence-electron chi connectivity index (χ1n) is 12.9. The number of hydrogen-bond donors (Lipinski definition) is 2. The van der Waals surface area contributed by atoms with Gasteiger partial charge in [0, 0.05) is 32.4 Å². The van der Waals surface area contributed by atoms with E-state index in [9.17, 15) is 24.6 Å². The molecule has 1 aliphatic heterocycles. The summed E-state index contributed by atoms with van der Waals surface area (Å²) in [6.07, 6.45) is 0. The number of carbonyl (C=O) groups excluding carboxylic acids is 2. The van der Waals surface area contributed by atoms with E-state index in [4.69, 9.17) is 9.47 Å². The Morgan fingerprint density at radius 2 is 1.55 bits per heavy atom. The normalized spacial score (nSPS) is 16.2. The van der Waals surface area contributed by atoms with Crippen molar-refractivity contribution < 1.29 is 34.1 Å². The van der Waals surface area contributed by atoms with Crippen LogP contribution in [0.15, 0.2) is 72.3 Å². The van der Waals surface area contributed by atoms with Crippen LogP contribution in [0.5, 0.6) is 11.5 Å². The molecule has 208 valence electrons. The molecule has 2 N–H and O–H groups in total. The highest BCUT2D eigenvalue weighted by Crippen LogP contribution is 2.42. The van der Waals surface area contributed by atoms with Gasteiger partial charge in [-0.2, -0.15) is 0 Å². The lowest BCUT2D eigenvalue weighted by Crippen LogP contribution is -2.29. The molecule has 4 rings (SSSR count). The van der Waals surface area contributed by atoms with Gasteiger partial charge in [-0.05, 0) is 61.4 Å². The lowest BCUT2D eigenvalue weighted by molar-refractivity contribution is -0.140. The van der Waals surface area contributed by atoms with Gasteiger partial charge in [-0.25, -0.2) is 4.79 Å². The second-order valence-corrected chi connectivity index (χ2v) is 9.44. The number of carbonyl (C=O) groups is 3. The molecule has 1 aliphatic rings. The van der Waals surface area contributed by atoms with Crippen LogP contribution in [0.1, 0.15) is 46.9 Å². The third-order valence-electron chi connectivity index (χ3n) is 6.64. The summed E-state index contributed by atoms with van der Waals surface area (Å²) in [4.78, 5) is 41.5. The van der Waals surface area contributed by atoms with Crippen LogP contribution in [-0.2, 0) is 16.1 Å². The largest absolute Gasteiger partial charge is 0.507 e. The second-order valence-electron chi connectivity index (χ2n) is 9.44. The topological polar surface area (TPSA) is 117 Å². The number of likely N-dealkylation sites (tertiary alicyclic amines) is 1. The Labute approximate surface area is 232 Å². The number of aromatic carboxylic acids is 1. The molecular formula is C31H32N2O7. The molecule has 40 heavy (non-hydrogen) atoms. The molecule has 1 heterocycles. The maximum atomic E-state index is 13.5. The van der Waals surface area contributed by atoms with Crippen LogP contribution in [0.25, 0.3) is 5.76 Å². The lowest BCUT2D eigenvalue weighted by atomic mass is 9.94. The molecule has 0 radical (unpaired) electrons. The molecule has 0 saturated carbocycles. The molecule has 0 aromatic heterocycles. The zero-order chi connectivity index (χ0) is 29.0. The first-order chi connectivity index (χ1) is 19.2. The van der Waals surface area contributed by atoms with Gasteiger partial charge in [-0.3, -0.25) is 9.59 Å². The van der Waals surface area contributed by atoms with E-state index in [2.05, 4.69) is 0 Å². The van der Waals surface area contributed by atoms with Gasteiger partial charge in [0.05, 0.1) is 36.0 Å². The highest BCUT2D eigenvalue weighted by Gasteiger charge is 2.46. The Kier molecular flexibility index (Phi) is 8.43. The number of ketones is 1. The van der Waals surface area contributed by atoms with Crippen LogP contribution in [0, 0.1) is 0 Å². The Balaban J connectivity index is 1.85. The number of carboxylic acid groups (broad SMARTS) is 1. The van der Waals surface area contributed by atoms with E-state index in [0.717, 1.165) is 5.69 Å². The second kappa shape index (κ2) is 11.9. The van der Waals surface area contributed by atoms with Crippen molar-refractivity contribution in [3.63, 3.8) is 0 Å². The number of benzene rings is 3. The van der Waals surface area contributed by atoms with Gasteiger partial charge in [-0.15, -0.1) is 0 Å². The summed E-state index contributed by atoms with van der Waals surface area (Å²) in [7, 11) is 3.81. The number of ether oxygens (including phenoxy) is 2. The molecule has 9 heteroatoms. The minimum absolute atomic E-state index is 0.0307. The third-order valence-corrected chi connectivity index (χ3v) is 6.64. The summed E-state index contributed by atoms with van der Waals surface area (Å²) in [6.45, 7) is 4.44. The van der Waals surface area contributed by atoms with Crippen molar-refractivity contribution >= 4 is 29.1 Å². The van der Waals surface area contributed by atoms with E-state index >= 15 is 0 Å². The van der Waals surface area contributed by atoms with Crippen LogP contribution < -0.4 is 14.4 Å². The number of aliphatic hydroxyl groups is 1. The standard InChI is InChI=1S/C31H32N2O7/c1-5-39-23-15-16-24(25(17-23)40-6-2)28(34)26-27(20-11-13-22(14-12-20)32(3)4)33(30(36)29(26)35)18-19-7-9-21(10-8-19)31(37)38/h7-17,27,34H,5-6,18H2,1-4H3,(H,37,38)/b28-26-. The molecule has 9 nitrogen and oxygen atoms in total. The van der Waals surface area contributed by atoms with Crippen LogP contribution in [0.3, 0.4) is 0 Å². The first kappa shape index (κ1) is 28.2. The molecule has 0 bridgehead atoms. The Morgan fingerprint density at radius 3 is 2.12 bits per heavy atom. The number of Topliss-reactive ketones (excluding diaryl/α,β-unsaturated/α-hetero) is 1. The summed E-state index contributed by atoms with van der Waals surface area (Å²) >= 11 is 0. The number of carboxylic acids is 1. The molecule has 1 saturated heterocycles. The molecule has 1 atom stereocenters. The molecule has 0 spiro atoms. The van der Waals surface area contributed by atoms with Crippen molar-refractivity contribution in [1.29, 1.82) is 0 Å². The molecule has 3 aromatic carbocycles. The molecule has 1 amide bonds. The quantitative estimate of drug-likeness (QED) is 0.211. The third kappa shape index (κ3) is 5.63. The molecule has 1 unspecified atom stereocenters. The van der Waals surface area contributed by atoms with Crippen molar-refractivity contribution in [2.75, 3.05) is 32.2 Å². The van der Waals surface area contributed by atoms with E-state index in [1.54, 1.807) is 37.3 Å². The van der Waals surface area contributed by atoms with Crippen LogP contribution >= 0.6 is 0 Å². The number of anilines is 1. The highest BCUT2D eigenvalue weighted by molar-refractivity contribution is 6.46. The van der Waals surface area contributed by atoms with Crippen LogP contribution in [0.4, 0.5) is 5.69 Å². The van der Waals surface area contributed by atoms with Gasteiger partial charge in [-0.1, -0.05) is 24.3 Å². The predicted octanol–water partition coefficient (Wildman–Crippen LogP) is 4.87. The first-order valence-corrected chi connectivity index (χ1v) is 12.9. The van der Waals surface area contributed by atoms with E-state index in [1.165, 1.54) is 17.0 Å². The van der Waals surface area contributed by atoms with Crippen molar-refractivity contribution in [2.45, 2.75) is 26.4 Å². The number of aliphatic hydroxyl groups excluding tert-OH is 1. The van der Waals surface area contributed by atoms with Gasteiger partial charge in [0.2, 0.25) is 0 Å². The lowest BCUT2D eigenvalue weighted by Gasteiger charge is -2.26. The SMILES string of the molecule is CCOc1ccc(/C(O)=C2/C(=O)C(=O)N(Cc3ccc(C(=O)O)cc3)C2c2ccc(N(C)C)cc2)c(OCC)c1. The molecular weight excluding hydrogens is 512 g/mol. The van der Waals surface area contributed by atoms with E-state index < -0.39 is 23.7 Å². The Hall–Kier alpha value is -4.79. The Morgan fingerprint density at radius 1 is 0.900 bits per heavy atom. The number of hydrogen-bond acceptors (Lipinski definition) is 7. The minimum atomic E-state index is -1.06. The van der Waals surface area contributed by atoms with Gasteiger partial charge >= 0.3 is 5.97 Å². The summed E-state index contributed by atoms with van der Waals surface area (Å²) in [5.41, 5.74) is 2.52. The van der Waals surface area contributed by atoms with Gasteiger partial charge in [0.25, 0.3) is 11.7 Å². The smallest absolute Gasteiger partial charge is 0.335 e. The van der Waals surface area contributed by atoms with Gasteiger partial charge < -0.3 is 29.5 Å². The maximum Gasteiger partial charge on any atom is 0.335 e. The Bertz CT molecular complexity index is 1440. The monoisotopic (exact) mass is 544 g/mol. The number of amides is 1. The van der Waals surface area contributed by atoms with Crippen molar-refractivity contribution in [3.05, 3.63) is 94.6 Å². The van der Waals surface area contributed by atoms with Crippen LogP contribution in [0.2, 0.25) is 0 Å². The average Bonchev–Trinajstić information content (AvgIpc) is 3.18. The average molecular weight is 545 g/mol. The van der Waals surface area contributed by atoms with Crippen molar-refractivity contribution in [3.8, 4) is 11.5 Å². The summed E-state index contributed by atoms with van der Waals surface area (Å²) in [6, 6.07) is 17.5. The summed E-state index contributed by atoms with van der Waals surface area (Å²) in [5.74, 6) is -2.14. The van der Waals surface area contributed by atoms with Gasteiger partial charge in [0.15, 0.2) is 0 Å². The molecule has 3 aromatic rings. The predicted molar refractivity (Wildman–Crippen MR) is 151 cm³/mol. The maximum absolute atomic E-state index is 13.5. The van der Waals surface area contributed by atoms with E-state index in [0.29, 0.717) is 35.8 Å². The zero-order valence-corrected chi connectivity index (χ0v) is 22.9. The number of rotatable bonds is 10. The van der Waals surface area contributed by atoms with E-state index in [-0.39, 0.29) is 29.0 Å². The van der Waals surface area contributed by atoms with Crippen LogP contribution in [-0.4, -0.2) is 60.1 Å².